The maximum atomic E-state index is 12.0. The normalized spacial score (nSPS) is 25.9. The van der Waals surface area contributed by atoms with Crippen molar-refractivity contribution in [1.29, 1.82) is 0 Å². The zero-order chi connectivity index (χ0) is 18.0. The molecule has 0 N–H and O–H groups in total. The molecule has 1 amide bonds. The Kier molecular flexibility index (Phi) is 5.14. The number of para-hydroxylation sites is 1. The van der Waals surface area contributed by atoms with Crippen LogP contribution in [0.4, 0.5) is 5.69 Å². The monoisotopic (exact) mass is 381 g/mol. The van der Waals surface area contributed by atoms with E-state index in [0.29, 0.717) is 5.17 Å². The van der Waals surface area contributed by atoms with Crippen molar-refractivity contribution in [1.82, 2.24) is 0 Å². The summed E-state index contributed by atoms with van der Waals surface area (Å²) in [4.78, 5) is 28.4. The Bertz CT molecular complexity index is 807. The average Bonchev–Trinajstić information content (AvgIpc) is 2.98. The van der Waals surface area contributed by atoms with Crippen molar-refractivity contribution in [2.24, 2.45) is 4.99 Å². The van der Waals surface area contributed by atoms with E-state index in [-0.39, 0.29) is 42.1 Å². The highest BCUT2D eigenvalue weighted by molar-refractivity contribution is 8.16. The number of fused-ring (bicyclic) bond motifs is 1. The number of nitrogens with zero attached hydrogens (tertiary/aromatic N) is 2. The Morgan fingerprint density at radius 1 is 1.20 bits per heavy atom. The molecule has 2 atom stereocenters. The second kappa shape index (κ2) is 7.17. The summed E-state index contributed by atoms with van der Waals surface area (Å²) in [5.41, 5.74) is 0.792. The Balaban J connectivity index is 1.82. The van der Waals surface area contributed by atoms with Crippen LogP contribution in [0.15, 0.2) is 35.3 Å². The van der Waals surface area contributed by atoms with Gasteiger partial charge in [0.2, 0.25) is 5.91 Å². The predicted molar refractivity (Wildman–Crippen MR) is 94.0 cm³/mol. The minimum Gasteiger partial charge on any atom is -0.550 e. The molecule has 0 aliphatic carbocycles. The minimum absolute atomic E-state index is 0.0221. The van der Waals surface area contributed by atoms with Crippen molar-refractivity contribution >= 4 is 44.3 Å². The van der Waals surface area contributed by atoms with Gasteiger partial charge in [0, 0.05) is 23.3 Å². The van der Waals surface area contributed by atoms with Gasteiger partial charge in [-0.1, -0.05) is 30.0 Å². The van der Waals surface area contributed by atoms with E-state index in [1.54, 1.807) is 0 Å². The van der Waals surface area contributed by atoms with Crippen molar-refractivity contribution in [2.75, 3.05) is 16.4 Å². The van der Waals surface area contributed by atoms with Crippen LogP contribution in [0.2, 0.25) is 0 Å². The lowest BCUT2D eigenvalue weighted by molar-refractivity contribution is -0.305. The smallest absolute Gasteiger partial charge is 0.248 e. The lowest BCUT2D eigenvalue weighted by Gasteiger charge is -2.24. The fourth-order valence-electron chi connectivity index (χ4n) is 3.00. The fraction of sp³-hybridized carbons (Fsp3) is 0.438. The molecule has 2 fully saturated rings. The van der Waals surface area contributed by atoms with E-state index in [1.165, 1.54) is 11.8 Å². The molecule has 0 saturated carbocycles. The Morgan fingerprint density at radius 2 is 1.92 bits per heavy atom. The molecule has 7 nitrogen and oxygen atoms in total. The van der Waals surface area contributed by atoms with E-state index < -0.39 is 21.7 Å². The van der Waals surface area contributed by atoms with Gasteiger partial charge in [-0.25, -0.2) is 8.42 Å². The highest BCUT2D eigenvalue weighted by atomic mass is 32.2. The van der Waals surface area contributed by atoms with Crippen molar-refractivity contribution in [3.05, 3.63) is 30.3 Å². The largest absolute Gasteiger partial charge is 0.550 e. The number of carbonyl (C=O) groups excluding carboxylic acids is 2. The SMILES string of the molecule is O=C([O-])CCCC(=O)N=C1S[C@H]2CS(=O)(=O)C[C@@H]2N1c1ccccc1. The van der Waals surface area contributed by atoms with E-state index >= 15 is 0 Å². The lowest BCUT2D eigenvalue weighted by Crippen LogP contribution is -2.37. The summed E-state index contributed by atoms with van der Waals surface area (Å²) in [5, 5.41) is 10.8. The maximum absolute atomic E-state index is 12.0. The first kappa shape index (κ1) is 17.9. The summed E-state index contributed by atoms with van der Waals surface area (Å²) < 4.78 is 23.9. The van der Waals surface area contributed by atoms with Crippen LogP contribution in [0.3, 0.4) is 0 Å². The quantitative estimate of drug-likeness (QED) is 0.717. The first-order valence-corrected chi connectivity index (χ1v) is 10.6. The van der Waals surface area contributed by atoms with Crippen molar-refractivity contribution in [3.63, 3.8) is 0 Å². The molecule has 0 unspecified atom stereocenters. The molecule has 9 heteroatoms. The summed E-state index contributed by atoms with van der Waals surface area (Å²) in [6, 6.07) is 9.00. The summed E-state index contributed by atoms with van der Waals surface area (Å²) in [6.07, 6.45) is 0.0130. The van der Waals surface area contributed by atoms with E-state index in [0.717, 1.165) is 5.69 Å². The zero-order valence-corrected chi connectivity index (χ0v) is 15.0. The summed E-state index contributed by atoms with van der Waals surface area (Å²) in [5.74, 6) is -1.49. The molecule has 134 valence electrons. The summed E-state index contributed by atoms with van der Waals surface area (Å²) >= 11 is 1.30. The van der Waals surface area contributed by atoms with E-state index in [4.69, 9.17) is 0 Å². The Hall–Kier alpha value is -1.87. The van der Waals surface area contributed by atoms with Crippen LogP contribution in [0.25, 0.3) is 0 Å². The number of carboxylic acids is 1. The second-order valence-corrected chi connectivity index (χ2v) is 9.38. The summed E-state index contributed by atoms with van der Waals surface area (Å²) in [7, 11) is -3.10. The van der Waals surface area contributed by atoms with E-state index in [9.17, 15) is 23.1 Å². The third-order valence-corrected chi connectivity index (χ3v) is 7.30. The number of hydrogen-bond donors (Lipinski definition) is 0. The van der Waals surface area contributed by atoms with Gasteiger partial charge < -0.3 is 14.8 Å². The minimum atomic E-state index is -3.10. The molecular formula is C16H17N2O5S2-. The number of amides is 1. The number of hydrogen-bond acceptors (Lipinski definition) is 6. The van der Waals surface area contributed by atoms with Crippen LogP contribution in [0.1, 0.15) is 19.3 Å². The number of rotatable bonds is 5. The highest BCUT2D eigenvalue weighted by Crippen LogP contribution is 2.40. The molecular weight excluding hydrogens is 364 g/mol. The van der Waals surface area contributed by atoms with Crippen LogP contribution in [-0.4, -0.2) is 48.3 Å². The van der Waals surface area contributed by atoms with Gasteiger partial charge >= 0.3 is 0 Å². The third kappa shape index (κ3) is 4.21. The first-order valence-electron chi connectivity index (χ1n) is 7.88. The molecule has 2 aliphatic rings. The standard InChI is InChI=1S/C16H18N2O5S2/c19-14(7-4-8-15(20)21)17-16-18(11-5-2-1-3-6-11)12-9-25(22,23)10-13(12)24-16/h1-3,5-6,12-13H,4,7-10H2,(H,20,21)/p-1/t12-,13-/m0/s1. The van der Waals surface area contributed by atoms with E-state index in [2.05, 4.69) is 4.99 Å². The van der Waals surface area contributed by atoms with Crippen LogP contribution in [0.5, 0.6) is 0 Å². The van der Waals surface area contributed by atoms with Crippen LogP contribution in [0, 0.1) is 0 Å². The van der Waals surface area contributed by atoms with Crippen LogP contribution < -0.4 is 10.0 Å². The molecule has 0 spiro atoms. The molecule has 2 heterocycles. The molecule has 25 heavy (non-hydrogen) atoms. The number of benzene rings is 1. The number of carboxylic acid groups (broad SMARTS) is 1. The highest BCUT2D eigenvalue weighted by Gasteiger charge is 2.49. The van der Waals surface area contributed by atoms with Gasteiger partial charge in [-0.05, 0) is 25.0 Å². The van der Waals surface area contributed by atoms with Gasteiger partial charge in [0.25, 0.3) is 0 Å². The fourth-order valence-corrected chi connectivity index (χ4v) is 6.93. The maximum Gasteiger partial charge on any atom is 0.248 e. The number of aliphatic carboxylic acids is 1. The van der Waals surface area contributed by atoms with Crippen molar-refractivity contribution in [3.8, 4) is 0 Å². The number of sulfone groups is 1. The van der Waals surface area contributed by atoms with Gasteiger partial charge in [0.1, 0.15) is 0 Å². The van der Waals surface area contributed by atoms with Gasteiger partial charge in [-0.3, -0.25) is 4.79 Å². The third-order valence-electron chi connectivity index (χ3n) is 4.09. The Labute approximate surface area is 150 Å². The lowest BCUT2D eigenvalue weighted by atomic mass is 10.2. The molecule has 2 saturated heterocycles. The van der Waals surface area contributed by atoms with Gasteiger partial charge in [-0.15, -0.1) is 0 Å². The number of amidine groups is 1. The predicted octanol–water partition coefficient (Wildman–Crippen LogP) is 0.208. The van der Waals surface area contributed by atoms with Crippen LogP contribution in [-0.2, 0) is 19.4 Å². The average molecular weight is 381 g/mol. The number of anilines is 1. The first-order chi connectivity index (χ1) is 11.9. The van der Waals surface area contributed by atoms with E-state index in [1.807, 2.05) is 35.2 Å². The molecule has 0 bridgehead atoms. The van der Waals surface area contributed by atoms with Crippen molar-refractivity contribution < 1.29 is 23.1 Å². The van der Waals surface area contributed by atoms with Crippen molar-refractivity contribution in [2.45, 2.75) is 30.6 Å². The molecule has 0 aromatic heterocycles. The zero-order valence-electron chi connectivity index (χ0n) is 13.3. The molecule has 2 aliphatic heterocycles. The molecule has 1 aromatic carbocycles. The van der Waals surface area contributed by atoms with Gasteiger partial charge in [0.05, 0.1) is 17.5 Å². The summed E-state index contributed by atoms with van der Waals surface area (Å²) in [6.45, 7) is 0. The second-order valence-electron chi connectivity index (χ2n) is 6.02. The topological polar surface area (TPSA) is 107 Å². The molecule has 0 radical (unpaired) electrons. The Morgan fingerprint density at radius 3 is 2.60 bits per heavy atom. The van der Waals surface area contributed by atoms with Gasteiger partial charge in [-0.2, -0.15) is 4.99 Å². The number of carbonyl (C=O) groups is 2. The van der Waals surface area contributed by atoms with Gasteiger partial charge in [0.15, 0.2) is 15.0 Å². The van der Waals surface area contributed by atoms with Crippen LogP contribution >= 0.6 is 11.8 Å². The molecule has 1 aromatic rings. The molecule has 3 rings (SSSR count). The number of aliphatic imine (C=N–C) groups is 1. The number of thioether (sulfide) groups is 1.